The molecule has 0 aliphatic heterocycles. The van der Waals surface area contributed by atoms with Crippen molar-refractivity contribution in [3.63, 3.8) is 0 Å². The van der Waals surface area contributed by atoms with Gasteiger partial charge in [-0.3, -0.25) is 4.98 Å². The summed E-state index contributed by atoms with van der Waals surface area (Å²) in [5, 5.41) is 11.0. The number of hydrogen-bond donors (Lipinski definition) is 1. The zero-order valence-electron chi connectivity index (χ0n) is 16.1. The molecule has 0 aliphatic rings. The molecule has 0 saturated carbocycles. The van der Waals surface area contributed by atoms with Crippen LogP contribution in [0.5, 0.6) is 0 Å². The average molecular weight is 397 g/mol. The van der Waals surface area contributed by atoms with Crippen LogP contribution in [0.15, 0.2) is 85.2 Å². The second kappa shape index (κ2) is 8.57. The summed E-state index contributed by atoms with van der Waals surface area (Å²) in [6.45, 7) is 0.200. The highest BCUT2D eigenvalue weighted by molar-refractivity contribution is 5.95. The predicted molar refractivity (Wildman–Crippen MR) is 114 cm³/mol. The van der Waals surface area contributed by atoms with Gasteiger partial charge in [-0.05, 0) is 70.3 Å². The van der Waals surface area contributed by atoms with E-state index in [4.69, 9.17) is 9.84 Å². The van der Waals surface area contributed by atoms with E-state index >= 15 is 0 Å². The Morgan fingerprint density at radius 2 is 1.40 bits per heavy atom. The molecule has 0 unspecified atom stereocenters. The number of rotatable bonds is 6. The van der Waals surface area contributed by atoms with Gasteiger partial charge in [-0.25, -0.2) is 9.59 Å². The number of ether oxygens (including phenoxy) is 1. The van der Waals surface area contributed by atoms with Gasteiger partial charge in [-0.2, -0.15) is 0 Å². The number of carboxylic acid groups (broad SMARTS) is 1. The third-order valence-electron chi connectivity index (χ3n) is 4.87. The van der Waals surface area contributed by atoms with Gasteiger partial charge in [0.15, 0.2) is 0 Å². The Balaban J connectivity index is 1.50. The van der Waals surface area contributed by atoms with Gasteiger partial charge in [0.2, 0.25) is 0 Å². The maximum atomic E-state index is 12.4. The van der Waals surface area contributed by atoms with Gasteiger partial charge < -0.3 is 9.84 Å². The minimum Gasteiger partial charge on any atom is -0.478 e. The predicted octanol–water partition coefficient (Wildman–Crippen LogP) is 4.88. The summed E-state index contributed by atoms with van der Waals surface area (Å²) in [5.41, 5.74) is 3.75. The smallest absolute Gasteiger partial charge is 0.338 e. The van der Waals surface area contributed by atoms with E-state index in [2.05, 4.69) is 4.98 Å². The van der Waals surface area contributed by atoms with E-state index in [0.717, 1.165) is 27.5 Å². The highest BCUT2D eigenvalue weighted by atomic mass is 16.5. The molecule has 1 aromatic heterocycles. The minimum absolute atomic E-state index is 0.200. The summed E-state index contributed by atoms with van der Waals surface area (Å²) in [6.07, 6.45) is 4.00. The van der Waals surface area contributed by atoms with Crippen LogP contribution in [0.3, 0.4) is 0 Å². The number of nitrogens with zero attached hydrogens (tertiary/aromatic N) is 1. The molecule has 1 heterocycles. The summed E-state index contributed by atoms with van der Waals surface area (Å²) < 4.78 is 5.40. The lowest BCUT2D eigenvalue weighted by molar-refractivity contribution is 0.0472. The number of carboxylic acids is 1. The molecule has 0 aliphatic carbocycles. The second-order valence-electron chi connectivity index (χ2n) is 7.01. The van der Waals surface area contributed by atoms with Gasteiger partial charge >= 0.3 is 11.9 Å². The number of benzene rings is 3. The van der Waals surface area contributed by atoms with Gasteiger partial charge in [-0.1, -0.05) is 36.4 Å². The molecule has 0 amide bonds. The SMILES string of the molecule is O=C(O)c1ccc(Cc2ccc3ccc(C(=O)OCc4ccncc4)cc3c2)cc1. The molecule has 4 rings (SSSR count). The Hall–Kier alpha value is -3.99. The Morgan fingerprint density at radius 1 is 0.733 bits per heavy atom. The van der Waals surface area contributed by atoms with Gasteiger partial charge in [-0.15, -0.1) is 0 Å². The number of fused-ring (bicyclic) bond motifs is 1. The lowest BCUT2D eigenvalue weighted by atomic mass is 9.99. The van der Waals surface area contributed by atoms with Crippen LogP contribution in [-0.4, -0.2) is 22.0 Å². The number of carbonyl (C=O) groups is 2. The number of aromatic nitrogens is 1. The molecule has 3 aromatic carbocycles. The normalized spacial score (nSPS) is 10.7. The lowest BCUT2D eigenvalue weighted by Gasteiger charge is -2.08. The van der Waals surface area contributed by atoms with E-state index in [-0.39, 0.29) is 18.1 Å². The molecular formula is C25H19NO4. The summed E-state index contributed by atoms with van der Waals surface area (Å²) in [4.78, 5) is 27.4. The number of aromatic carboxylic acids is 1. The maximum Gasteiger partial charge on any atom is 0.338 e. The highest BCUT2D eigenvalue weighted by Gasteiger charge is 2.09. The van der Waals surface area contributed by atoms with Crippen LogP contribution in [0.4, 0.5) is 0 Å². The van der Waals surface area contributed by atoms with E-state index in [1.807, 2.05) is 54.6 Å². The quantitative estimate of drug-likeness (QED) is 0.469. The van der Waals surface area contributed by atoms with Crippen molar-refractivity contribution < 1.29 is 19.4 Å². The van der Waals surface area contributed by atoms with E-state index < -0.39 is 5.97 Å². The van der Waals surface area contributed by atoms with Crippen molar-refractivity contribution in [1.29, 1.82) is 0 Å². The Labute approximate surface area is 173 Å². The highest BCUT2D eigenvalue weighted by Crippen LogP contribution is 2.21. The van der Waals surface area contributed by atoms with E-state index in [0.29, 0.717) is 12.0 Å². The van der Waals surface area contributed by atoms with Crippen molar-refractivity contribution in [2.24, 2.45) is 0 Å². The van der Waals surface area contributed by atoms with Crippen LogP contribution in [0.25, 0.3) is 10.8 Å². The fourth-order valence-corrected chi connectivity index (χ4v) is 3.25. The maximum absolute atomic E-state index is 12.4. The first-order valence-electron chi connectivity index (χ1n) is 9.49. The Morgan fingerprint density at radius 3 is 2.13 bits per heavy atom. The zero-order valence-corrected chi connectivity index (χ0v) is 16.1. The first-order chi connectivity index (χ1) is 14.6. The number of esters is 1. The largest absolute Gasteiger partial charge is 0.478 e. The molecule has 0 fully saturated rings. The van der Waals surface area contributed by atoms with Crippen LogP contribution < -0.4 is 0 Å². The second-order valence-corrected chi connectivity index (χ2v) is 7.01. The van der Waals surface area contributed by atoms with Crippen LogP contribution in [0.2, 0.25) is 0 Å². The van der Waals surface area contributed by atoms with Crippen LogP contribution >= 0.6 is 0 Å². The molecular weight excluding hydrogens is 378 g/mol. The summed E-state index contributed by atoms with van der Waals surface area (Å²) in [6, 6.07) is 22.1. The Kier molecular flexibility index (Phi) is 5.52. The average Bonchev–Trinajstić information content (AvgIpc) is 2.78. The molecule has 5 nitrogen and oxygen atoms in total. The van der Waals surface area contributed by atoms with E-state index in [1.54, 1.807) is 30.6 Å². The molecule has 0 radical (unpaired) electrons. The monoisotopic (exact) mass is 397 g/mol. The molecule has 0 spiro atoms. The van der Waals surface area contributed by atoms with Crippen LogP contribution in [0, 0.1) is 0 Å². The number of hydrogen-bond acceptors (Lipinski definition) is 4. The summed E-state index contributed by atoms with van der Waals surface area (Å²) in [5.74, 6) is -1.31. The van der Waals surface area contributed by atoms with Crippen molar-refractivity contribution >= 4 is 22.7 Å². The molecule has 1 N–H and O–H groups in total. The van der Waals surface area contributed by atoms with Gasteiger partial charge in [0, 0.05) is 12.4 Å². The topological polar surface area (TPSA) is 76.5 Å². The zero-order chi connectivity index (χ0) is 20.9. The third kappa shape index (κ3) is 4.52. The fraction of sp³-hybridized carbons (Fsp3) is 0.0800. The van der Waals surface area contributed by atoms with Gasteiger partial charge in [0.05, 0.1) is 11.1 Å². The van der Waals surface area contributed by atoms with Gasteiger partial charge in [0.1, 0.15) is 6.61 Å². The first-order valence-corrected chi connectivity index (χ1v) is 9.49. The molecule has 4 aromatic rings. The van der Waals surface area contributed by atoms with E-state index in [1.165, 1.54) is 0 Å². The molecule has 5 heteroatoms. The fourth-order valence-electron chi connectivity index (χ4n) is 3.25. The van der Waals surface area contributed by atoms with Crippen molar-refractivity contribution in [2.75, 3.05) is 0 Å². The molecule has 30 heavy (non-hydrogen) atoms. The summed E-state index contributed by atoms with van der Waals surface area (Å²) in [7, 11) is 0. The molecule has 0 saturated heterocycles. The van der Waals surface area contributed by atoms with Gasteiger partial charge in [0.25, 0.3) is 0 Å². The van der Waals surface area contributed by atoms with Crippen molar-refractivity contribution in [3.05, 3.63) is 113 Å². The van der Waals surface area contributed by atoms with Crippen LogP contribution in [-0.2, 0) is 17.8 Å². The Bertz CT molecular complexity index is 1200. The number of pyridine rings is 1. The minimum atomic E-state index is -0.935. The molecule has 148 valence electrons. The van der Waals surface area contributed by atoms with Crippen LogP contribution in [0.1, 0.15) is 37.4 Å². The molecule has 0 atom stereocenters. The lowest BCUT2D eigenvalue weighted by Crippen LogP contribution is -2.05. The van der Waals surface area contributed by atoms with Crippen molar-refractivity contribution in [3.8, 4) is 0 Å². The third-order valence-corrected chi connectivity index (χ3v) is 4.87. The summed E-state index contributed by atoms with van der Waals surface area (Å²) >= 11 is 0. The number of carbonyl (C=O) groups excluding carboxylic acids is 1. The standard InChI is InChI=1S/C25H19NO4/c27-24(28)21-5-1-17(2-6-21)13-19-3-4-20-7-8-22(15-23(20)14-19)25(29)30-16-18-9-11-26-12-10-18/h1-12,14-15H,13,16H2,(H,27,28). The molecule has 0 bridgehead atoms. The van der Waals surface area contributed by atoms with Crippen molar-refractivity contribution in [2.45, 2.75) is 13.0 Å². The van der Waals surface area contributed by atoms with Crippen molar-refractivity contribution in [1.82, 2.24) is 4.98 Å². The first kappa shape index (κ1) is 19.3. The van der Waals surface area contributed by atoms with E-state index in [9.17, 15) is 9.59 Å².